The lowest BCUT2D eigenvalue weighted by Gasteiger charge is -2.21. The van der Waals surface area contributed by atoms with E-state index >= 15 is 0 Å². The number of anilines is 2. The van der Waals surface area contributed by atoms with E-state index in [9.17, 15) is 14.7 Å². The van der Waals surface area contributed by atoms with Gasteiger partial charge in [0.15, 0.2) is 0 Å². The molecule has 0 aliphatic heterocycles. The molecule has 1 heterocycles. The molecule has 0 saturated heterocycles. The van der Waals surface area contributed by atoms with Crippen molar-refractivity contribution in [2.45, 2.75) is 6.54 Å². The molecule has 6 heteroatoms. The summed E-state index contributed by atoms with van der Waals surface area (Å²) in [7, 11) is 5.44. The molecule has 2 aromatic carbocycles. The zero-order valence-electron chi connectivity index (χ0n) is 16.2. The zero-order chi connectivity index (χ0) is 20.4. The highest BCUT2D eigenvalue weighted by atomic mass is 16.3. The molecule has 3 rings (SSSR count). The molecule has 0 radical (unpaired) electrons. The van der Waals surface area contributed by atoms with Crippen LogP contribution in [0.3, 0.4) is 0 Å². The van der Waals surface area contributed by atoms with Crippen molar-refractivity contribution >= 4 is 28.2 Å². The smallest absolute Gasteiger partial charge is 0.268 e. The maximum atomic E-state index is 13.1. The summed E-state index contributed by atoms with van der Waals surface area (Å²) in [6.45, 7) is 3.92. The number of pyridine rings is 1. The van der Waals surface area contributed by atoms with E-state index in [1.54, 1.807) is 49.5 Å². The number of nitrogens with zero attached hydrogens (tertiary/aromatic N) is 3. The number of benzene rings is 2. The number of rotatable bonds is 5. The van der Waals surface area contributed by atoms with E-state index in [2.05, 4.69) is 6.58 Å². The molecule has 1 aromatic heterocycles. The minimum absolute atomic E-state index is 0.237. The number of fused-ring (bicyclic) bond motifs is 1. The van der Waals surface area contributed by atoms with Gasteiger partial charge in [-0.2, -0.15) is 0 Å². The Bertz CT molecular complexity index is 1100. The van der Waals surface area contributed by atoms with Crippen molar-refractivity contribution in [1.82, 2.24) is 4.57 Å². The highest BCUT2D eigenvalue weighted by Gasteiger charge is 2.25. The summed E-state index contributed by atoms with van der Waals surface area (Å²) in [4.78, 5) is 29.5. The molecule has 28 heavy (non-hydrogen) atoms. The Hall–Kier alpha value is -3.54. The molecule has 0 bridgehead atoms. The van der Waals surface area contributed by atoms with Gasteiger partial charge in [-0.1, -0.05) is 18.2 Å². The van der Waals surface area contributed by atoms with Crippen LogP contribution in [-0.4, -0.2) is 36.7 Å². The molecule has 0 aliphatic rings. The number of aromatic hydroxyl groups is 1. The number of carbonyl (C=O) groups is 1. The van der Waals surface area contributed by atoms with E-state index in [4.69, 9.17) is 0 Å². The minimum atomic E-state index is -0.566. The highest BCUT2D eigenvalue weighted by Crippen LogP contribution is 2.28. The quantitative estimate of drug-likeness (QED) is 0.694. The van der Waals surface area contributed by atoms with Crippen LogP contribution in [0.4, 0.5) is 11.4 Å². The first-order chi connectivity index (χ1) is 13.4. The third kappa shape index (κ3) is 3.24. The van der Waals surface area contributed by atoms with Crippen LogP contribution in [0, 0.1) is 0 Å². The molecule has 144 valence electrons. The number of allylic oxidation sites excluding steroid dienone is 1. The van der Waals surface area contributed by atoms with Gasteiger partial charge in [0.05, 0.1) is 5.52 Å². The predicted molar refractivity (Wildman–Crippen MR) is 114 cm³/mol. The first-order valence-electron chi connectivity index (χ1n) is 8.87. The summed E-state index contributed by atoms with van der Waals surface area (Å²) in [5.74, 6) is -0.869. The molecule has 6 nitrogen and oxygen atoms in total. The Morgan fingerprint density at radius 1 is 1.07 bits per heavy atom. The Balaban J connectivity index is 2.13. The van der Waals surface area contributed by atoms with Crippen LogP contribution in [0.5, 0.6) is 5.75 Å². The summed E-state index contributed by atoms with van der Waals surface area (Å²) in [6.07, 6.45) is 1.59. The van der Waals surface area contributed by atoms with Gasteiger partial charge in [0, 0.05) is 44.4 Å². The Morgan fingerprint density at radius 3 is 2.29 bits per heavy atom. The van der Waals surface area contributed by atoms with E-state index in [1.807, 2.05) is 31.1 Å². The fraction of sp³-hybridized carbons (Fsp3) is 0.182. The third-order valence-corrected chi connectivity index (χ3v) is 4.73. The number of carbonyl (C=O) groups excluding carboxylic acids is 1. The van der Waals surface area contributed by atoms with Crippen LogP contribution in [0.2, 0.25) is 0 Å². The van der Waals surface area contributed by atoms with Crippen molar-refractivity contribution in [2.75, 3.05) is 30.9 Å². The lowest BCUT2D eigenvalue weighted by molar-refractivity contribution is 0.0988. The van der Waals surface area contributed by atoms with Crippen LogP contribution < -0.4 is 15.4 Å². The van der Waals surface area contributed by atoms with Crippen molar-refractivity contribution in [2.24, 2.45) is 0 Å². The molecule has 0 unspecified atom stereocenters. The van der Waals surface area contributed by atoms with Gasteiger partial charge in [-0.25, -0.2) is 0 Å². The van der Waals surface area contributed by atoms with Crippen molar-refractivity contribution in [1.29, 1.82) is 0 Å². The second-order valence-electron chi connectivity index (χ2n) is 6.72. The van der Waals surface area contributed by atoms with E-state index < -0.39 is 11.5 Å². The number of para-hydroxylation sites is 1. The molecular weight excluding hydrogens is 354 g/mol. The van der Waals surface area contributed by atoms with Crippen molar-refractivity contribution in [3.05, 3.63) is 77.1 Å². The van der Waals surface area contributed by atoms with Gasteiger partial charge < -0.3 is 19.5 Å². The van der Waals surface area contributed by atoms with Crippen molar-refractivity contribution in [3.63, 3.8) is 0 Å². The maximum absolute atomic E-state index is 13.1. The summed E-state index contributed by atoms with van der Waals surface area (Å²) >= 11 is 0. The normalized spacial score (nSPS) is 10.7. The van der Waals surface area contributed by atoms with Gasteiger partial charge in [-0.15, -0.1) is 6.58 Å². The fourth-order valence-corrected chi connectivity index (χ4v) is 3.15. The van der Waals surface area contributed by atoms with Gasteiger partial charge in [-0.3, -0.25) is 9.59 Å². The molecule has 3 aromatic rings. The highest BCUT2D eigenvalue weighted by molar-refractivity contribution is 6.10. The Labute approximate surface area is 163 Å². The largest absolute Gasteiger partial charge is 0.506 e. The second kappa shape index (κ2) is 7.60. The summed E-state index contributed by atoms with van der Waals surface area (Å²) in [5, 5.41) is 11.2. The van der Waals surface area contributed by atoms with Gasteiger partial charge >= 0.3 is 0 Å². The number of aromatic nitrogens is 1. The molecule has 0 saturated carbocycles. The number of hydrogen-bond acceptors (Lipinski definition) is 4. The van der Waals surface area contributed by atoms with Crippen LogP contribution >= 0.6 is 0 Å². The third-order valence-electron chi connectivity index (χ3n) is 4.73. The van der Waals surface area contributed by atoms with Crippen LogP contribution in [0.25, 0.3) is 10.9 Å². The van der Waals surface area contributed by atoms with Crippen LogP contribution in [-0.2, 0) is 6.54 Å². The fourth-order valence-electron chi connectivity index (χ4n) is 3.15. The molecular formula is C22H23N3O3. The topological polar surface area (TPSA) is 65.8 Å². The van der Waals surface area contributed by atoms with E-state index in [1.165, 1.54) is 9.47 Å². The molecule has 0 atom stereocenters. The van der Waals surface area contributed by atoms with Gasteiger partial charge in [0.25, 0.3) is 11.5 Å². The zero-order valence-corrected chi connectivity index (χ0v) is 16.2. The molecule has 0 spiro atoms. The van der Waals surface area contributed by atoms with E-state index in [0.29, 0.717) is 16.6 Å². The monoisotopic (exact) mass is 377 g/mol. The standard InChI is InChI=1S/C22H23N3O3/c1-5-14-25-18-9-7-6-8-17(18)20(26)19(22(25)28)21(27)24(4)16-12-10-15(11-13-16)23(2)3/h5-13,26H,1,14H2,2-4H3. The molecule has 1 amide bonds. The summed E-state index contributed by atoms with van der Waals surface area (Å²) in [6, 6.07) is 14.3. The van der Waals surface area contributed by atoms with E-state index in [-0.39, 0.29) is 17.9 Å². The lowest BCUT2D eigenvalue weighted by Crippen LogP contribution is -2.34. The SMILES string of the molecule is C=CCn1c(=O)c(C(=O)N(C)c2ccc(N(C)C)cc2)c(O)c2ccccc21. The average Bonchev–Trinajstić information content (AvgIpc) is 2.70. The number of amides is 1. The molecule has 0 fully saturated rings. The maximum Gasteiger partial charge on any atom is 0.268 e. The second-order valence-corrected chi connectivity index (χ2v) is 6.72. The Morgan fingerprint density at radius 2 is 1.68 bits per heavy atom. The summed E-state index contributed by atoms with van der Waals surface area (Å²) in [5.41, 5.74) is 1.38. The van der Waals surface area contributed by atoms with Crippen LogP contribution in [0.15, 0.2) is 66.0 Å². The Kier molecular flexibility index (Phi) is 5.22. The van der Waals surface area contributed by atoms with Gasteiger partial charge in [0.1, 0.15) is 11.3 Å². The average molecular weight is 377 g/mol. The van der Waals surface area contributed by atoms with Crippen LogP contribution in [0.1, 0.15) is 10.4 Å². The minimum Gasteiger partial charge on any atom is -0.506 e. The lowest BCUT2D eigenvalue weighted by atomic mass is 10.1. The first-order valence-corrected chi connectivity index (χ1v) is 8.87. The first kappa shape index (κ1) is 19.2. The van der Waals surface area contributed by atoms with Crippen molar-refractivity contribution in [3.8, 4) is 5.75 Å². The molecule has 0 aliphatic carbocycles. The predicted octanol–water partition coefficient (Wildman–Crippen LogP) is 3.24. The van der Waals surface area contributed by atoms with E-state index in [0.717, 1.165) is 5.69 Å². The van der Waals surface area contributed by atoms with Crippen molar-refractivity contribution < 1.29 is 9.90 Å². The van der Waals surface area contributed by atoms with Gasteiger partial charge in [0.2, 0.25) is 0 Å². The van der Waals surface area contributed by atoms with Gasteiger partial charge in [-0.05, 0) is 36.4 Å². The number of hydrogen-bond donors (Lipinski definition) is 1. The molecule has 1 N–H and O–H groups in total. The summed E-state index contributed by atoms with van der Waals surface area (Å²) < 4.78 is 1.44.